The Morgan fingerprint density at radius 3 is 3.06 bits per heavy atom. The number of halogens is 1. The zero-order valence-electron chi connectivity index (χ0n) is 8.38. The third kappa shape index (κ3) is 1.29. The van der Waals surface area contributed by atoms with Gasteiger partial charge < -0.3 is 4.42 Å². The number of hydrogen-bond acceptors (Lipinski definition) is 4. The second-order valence-electron chi connectivity index (χ2n) is 3.32. The minimum Gasteiger partial charge on any atom is -0.461 e. The molecule has 0 spiro atoms. The summed E-state index contributed by atoms with van der Waals surface area (Å²) in [4.78, 5) is 8.47. The SMILES string of the molecule is Cc1nc(-c2occc2Cl)cc2ncnn12. The number of fused-ring (bicyclic) bond motifs is 1. The van der Waals surface area contributed by atoms with Crippen molar-refractivity contribution < 1.29 is 4.42 Å². The molecule has 0 N–H and O–H groups in total. The van der Waals surface area contributed by atoms with E-state index in [4.69, 9.17) is 16.0 Å². The fraction of sp³-hybridized carbons (Fsp3) is 0.100. The summed E-state index contributed by atoms with van der Waals surface area (Å²) in [5.74, 6) is 1.28. The highest BCUT2D eigenvalue weighted by Crippen LogP contribution is 2.27. The Morgan fingerprint density at radius 1 is 1.44 bits per heavy atom. The first-order valence-corrected chi connectivity index (χ1v) is 5.04. The first-order valence-electron chi connectivity index (χ1n) is 4.66. The van der Waals surface area contributed by atoms with E-state index in [9.17, 15) is 0 Å². The van der Waals surface area contributed by atoms with E-state index in [-0.39, 0.29) is 0 Å². The van der Waals surface area contributed by atoms with Crippen LogP contribution in [0.5, 0.6) is 0 Å². The van der Waals surface area contributed by atoms with E-state index in [1.165, 1.54) is 12.6 Å². The van der Waals surface area contributed by atoms with Crippen LogP contribution in [0, 0.1) is 6.92 Å². The van der Waals surface area contributed by atoms with E-state index in [0.29, 0.717) is 16.5 Å². The maximum Gasteiger partial charge on any atom is 0.171 e. The van der Waals surface area contributed by atoms with Crippen molar-refractivity contribution in [3.8, 4) is 11.5 Å². The van der Waals surface area contributed by atoms with Gasteiger partial charge in [0.25, 0.3) is 0 Å². The van der Waals surface area contributed by atoms with Crippen molar-refractivity contribution in [2.24, 2.45) is 0 Å². The maximum atomic E-state index is 5.98. The highest BCUT2D eigenvalue weighted by Gasteiger charge is 2.11. The van der Waals surface area contributed by atoms with Gasteiger partial charge in [0, 0.05) is 6.07 Å². The van der Waals surface area contributed by atoms with Crippen molar-refractivity contribution in [3.63, 3.8) is 0 Å². The smallest absolute Gasteiger partial charge is 0.171 e. The molecule has 0 radical (unpaired) electrons. The lowest BCUT2D eigenvalue weighted by molar-refractivity contribution is 0.579. The van der Waals surface area contributed by atoms with E-state index in [0.717, 1.165) is 11.5 Å². The Bertz CT molecular complexity index is 658. The van der Waals surface area contributed by atoms with Crippen molar-refractivity contribution >= 4 is 17.2 Å². The fourth-order valence-electron chi connectivity index (χ4n) is 1.57. The van der Waals surface area contributed by atoms with Crippen molar-refractivity contribution in [1.29, 1.82) is 0 Å². The van der Waals surface area contributed by atoms with E-state index < -0.39 is 0 Å². The molecule has 0 unspecified atom stereocenters. The Balaban J connectivity index is 2.29. The highest BCUT2D eigenvalue weighted by atomic mass is 35.5. The molecule has 6 heteroatoms. The number of nitrogens with zero attached hydrogens (tertiary/aromatic N) is 4. The normalized spacial score (nSPS) is 11.1. The standard InChI is InChI=1S/C10H7ClN4O/c1-6-14-8(10-7(11)2-3-16-10)4-9-12-5-13-15(6)9/h2-5H,1H3. The summed E-state index contributed by atoms with van der Waals surface area (Å²) in [6, 6.07) is 3.46. The molecule has 3 aromatic heterocycles. The van der Waals surface area contributed by atoms with Crippen LogP contribution >= 0.6 is 11.6 Å². The summed E-state index contributed by atoms with van der Waals surface area (Å²) in [6.07, 6.45) is 3.01. The zero-order chi connectivity index (χ0) is 11.1. The van der Waals surface area contributed by atoms with E-state index >= 15 is 0 Å². The summed E-state index contributed by atoms with van der Waals surface area (Å²) in [5.41, 5.74) is 1.38. The van der Waals surface area contributed by atoms with Gasteiger partial charge in [0.15, 0.2) is 11.4 Å². The molecule has 16 heavy (non-hydrogen) atoms. The molecular weight excluding hydrogens is 228 g/mol. The Hall–Kier alpha value is -1.88. The van der Waals surface area contributed by atoms with Gasteiger partial charge in [0.2, 0.25) is 0 Å². The molecule has 0 aliphatic carbocycles. The minimum absolute atomic E-state index is 0.538. The molecule has 0 aliphatic heterocycles. The quantitative estimate of drug-likeness (QED) is 0.649. The lowest BCUT2D eigenvalue weighted by Crippen LogP contribution is -1.98. The third-order valence-corrected chi connectivity index (χ3v) is 2.58. The zero-order valence-corrected chi connectivity index (χ0v) is 9.14. The Labute approximate surface area is 95.7 Å². The number of aromatic nitrogens is 4. The average molecular weight is 235 g/mol. The van der Waals surface area contributed by atoms with Gasteiger partial charge in [-0.3, -0.25) is 0 Å². The predicted molar refractivity (Wildman–Crippen MR) is 58.2 cm³/mol. The van der Waals surface area contributed by atoms with Gasteiger partial charge in [-0.1, -0.05) is 11.6 Å². The molecule has 3 rings (SSSR count). The molecule has 0 aromatic carbocycles. The number of hydrogen-bond donors (Lipinski definition) is 0. The van der Waals surface area contributed by atoms with Gasteiger partial charge in [-0.15, -0.1) is 0 Å². The van der Waals surface area contributed by atoms with Crippen molar-refractivity contribution in [2.75, 3.05) is 0 Å². The molecule has 0 aliphatic rings. The second-order valence-corrected chi connectivity index (χ2v) is 3.72. The predicted octanol–water partition coefficient (Wildman–Crippen LogP) is 2.35. The van der Waals surface area contributed by atoms with Crippen molar-refractivity contribution in [2.45, 2.75) is 6.92 Å². The Morgan fingerprint density at radius 2 is 2.31 bits per heavy atom. The molecular formula is C10H7ClN4O. The fourth-order valence-corrected chi connectivity index (χ4v) is 1.76. The van der Waals surface area contributed by atoms with Gasteiger partial charge >= 0.3 is 0 Å². The number of aryl methyl sites for hydroxylation is 1. The molecule has 3 heterocycles. The molecule has 3 aromatic rings. The molecule has 0 amide bonds. The molecule has 0 atom stereocenters. The maximum absolute atomic E-state index is 5.98. The second kappa shape index (κ2) is 3.31. The van der Waals surface area contributed by atoms with Crippen LogP contribution < -0.4 is 0 Å². The summed E-state index contributed by atoms with van der Waals surface area (Å²) < 4.78 is 6.93. The third-order valence-electron chi connectivity index (χ3n) is 2.28. The van der Waals surface area contributed by atoms with E-state index in [1.54, 1.807) is 16.6 Å². The summed E-state index contributed by atoms with van der Waals surface area (Å²) in [5, 5.41) is 4.58. The molecule has 80 valence electrons. The summed E-state index contributed by atoms with van der Waals surface area (Å²) >= 11 is 5.98. The number of furan rings is 1. The summed E-state index contributed by atoms with van der Waals surface area (Å²) in [7, 11) is 0. The van der Waals surface area contributed by atoms with Crippen LogP contribution in [0.25, 0.3) is 17.1 Å². The van der Waals surface area contributed by atoms with Crippen molar-refractivity contribution in [1.82, 2.24) is 19.6 Å². The van der Waals surface area contributed by atoms with Gasteiger partial charge in [-0.2, -0.15) is 9.61 Å². The highest BCUT2D eigenvalue weighted by molar-refractivity contribution is 6.32. The van der Waals surface area contributed by atoms with Crippen LogP contribution in [0.2, 0.25) is 5.02 Å². The number of rotatable bonds is 1. The van der Waals surface area contributed by atoms with Crippen LogP contribution in [0.1, 0.15) is 5.82 Å². The lowest BCUT2D eigenvalue weighted by atomic mass is 10.3. The van der Waals surface area contributed by atoms with E-state index in [1.807, 2.05) is 6.92 Å². The van der Waals surface area contributed by atoms with Gasteiger partial charge in [0.1, 0.15) is 17.8 Å². The molecule has 0 bridgehead atoms. The topological polar surface area (TPSA) is 56.2 Å². The van der Waals surface area contributed by atoms with Crippen molar-refractivity contribution in [3.05, 3.63) is 35.6 Å². The average Bonchev–Trinajstić information content (AvgIpc) is 2.85. The van der Waals surface area contributed by atoms with Gasteiger partial charge in [-0.25, -0.2) is 9.97 Å². The molecule has 0 fully saturated rings. The monoisotopic (exact) mass is 234 g/mol. The van der Waals surface area contributed by atoms with Gasteiger partial charge in [-0.05, 0) is 13.0 Å². The van der Waals surface area contributed by atoms with Gasteiger partial charge in [0.05, 0.1) is 11.3 Å². The summed E-state index contributed by atoms with van der Waals surface area (Å²) in [6.45, 7) is 1.85. The Kier molecular flexibility index (Phi) is 1.94. The first-order chi connectivity index (χ1) is 7.75. The molecule has 5 nitrogen and oxygen atoms in total. The largest absolute Gasteiger partial charge is 0.461 e. The lowest BCUT2D eigenvalue weighted by Gasteiger charge is -2.01. The van der Waals surface area contributed by atoms with Crippen LogP contribution in [0.3, 0.4) is 0 Å². The van der Waals surface area contributed by atoms with Crippen LogP contribution in [-0.4, -0.2) is 19.6 Å². The van der Waals surface area contributed by atoms with Crippen LogP contribution in [-0.2, 0) is 0 Å². The minimum atomic E-state index is 0.538. The first kappa shape index (κ1) is 9.35. The molecule has 0 saturated heterocycles. The molecule has 0 saturated carbocycles. The van der Waals surface area contributed by atoms with Crippen LogP contribution in [0.4, 0.5) is 0 Å². The van der Waals surface area contributed by atoms with E-state index in [2.05, 4.69) is 15.1 Å². The van der Waals surface area contributed by atoms with Crippen LogP contribution in [0.15, 0.2) is 29.1 Å².